The summed E-state index contributed by atoms with van der Waals surface area (Å²) in [5.41, 5.74) is 1.14. The molecule has 3 N–H and O–H groups in total. The zero-order chi connectivity index (χ0) is 17.6. The monoisotopic (exact) mass is 345 g/mol. The second-order valence-electron chi connectivity index (χ2n) is 5.44. The van der Waals surface area contributed by atoms with Crippen molar-refractivity contribution in [2.45, 2.75) is 19.4 Å². The molecule has 3 aromatic rings. The lowest BCUT2D eigenvalue weighted by Crippen LogP contribution is -2.28. The Morgan fingerprint density at radius 2 is 2.00 bits per heavy atom. The van der Waals surface area contributed by atoms with Gasteiger partial charge in [0.15, 0.2) is 11.2 Å². The molecule has 0 aliphatic carbocycles. The van der Waals surface area contributed by atoms with Crippen LogP contribution in [0.3, 0.4) is 0 Å². The molecule has 132 valence electrons. The summed E-state index contributed by atoms with van der Waals surface area (Å²) < 4.78 is 13.6. The van der Waals surface area contributed by atoms with Crippen LogP contribution in [0.25, 0.3) is 11.2 Å². The quantitative estimate of drug-likeness (QED) is 0.546. The Bertz CT molecular complexity index is 877. The molecule has 1 atom stereocenters. The van der Waals surface area contributed by atoms with Gasteiger partial charge in [0, 0.05) is 0 Å². The molecule has 9 heteroatoms. The summed E-state index contributed by atoms with van der Waals surface area (Å²) in [5.74, 6) is 5.45. The first-order valence-corrected chi connectivity index (χ1v) is 7.70. The van der Waals surface area contributed by atoms with E-state index in [-0.39, 0.29) is 25.5 Å². The lowest BCUT2D eigenvalue weighted by molar-refractivity contribution is -0.0697. The van der Waals surface area contributed by atoms with E-state index >= 15 is 0 Å². The third-order valence-electron chi connectivity index (χ3n) is 3.62. The van der Waals surface area contributed by atoms with Crippen molar-refractivity contribution in [3.8, 4) is 0 Å². The molecule has 25 heavy (non-hydrogen) atoms. The first kappa shape index (κ1) is 17.1. The number of benzene rings is 1. The van der Waals surface area contributed by atoms with Gasteiger partial charge in [0.05, 0.1) is 26.1 Å². The SMILES string of the molecule is Nn1cnc2c(ncn2COC(CO)COCc2ccccc2)c1=O. The van der Waals surface area contributed by atoms with E-state index in [4.69, 9.17) is 15.3 Å². The Labute approximate surface area is 143 Å². The fraction of sp³-hybridized carbons (Fsp3) is 0.312. The second-order valence-corrected chi connectivity index (χ2v) is 5.44. The van der Waals surface area contributed by atoms with Gasteiger partial charge in [0.2, 0.25) is 0 Å². The maximum absolute atomic E-state index is 11.8. The van der Waals surface area contributed by atoms with E-state index in [2.05, 4.69) is 9.97 Å². The van der Waals surface area contributed by atoms with E-state index in [1.165, 1.54) is 12.7 Å². The molecule has 0 aliphatic rings. The summed E-state index contributed by atoms with van der Waals surface area (Å²) >= 11 is 0. The van der Waals surface area contributed by atoms with Crippen molar-refractivity contribution >= 4 is 11.2 Å². The van der Waals surface area contributed by atoms with Gasteiger partial charge < -0.3 is 20.4 Å². The average molecular weight is 345 g/mol. The molecule has 0 radical (unpaired) electrons. The van der Waals surface area contributed by atoms with Crippen molar-refractivity contribution in [3.05, 3.63) is 58.9 Å². The van der Waals surface area contributed by atoms with Crippen molar-refractivity contribution < 1.29 is 14.6 Å². The fourth-order valence-electron chi connectivity index (χ4n) is 2.27. The van der Waals surface area contributed by atoms with Crippen LogP contribution in [0.15, 0.2) is 47.8 Å². The van der Waals surface area contributed by atoms with Crippen LogP contribution in [0, 0.1) is 0 Å². The summed E-state index contributed by atoms with van der Waals surface area (Å²) in [5, 5.41) is 9.43. The average Bonchev–Trinajstić information content (AvgIpc) is 3.05. The third-order valence-corrected chi connectivity index (χ3v) is 3.62. The van der Waals surface area contributed by atoms with Gasteiger partial charge in [0.25, 0.3) is 5.56 Å². The van der Waals surface area contributed by atoms with Gasteiger partial charge in [-0.05, 0) is 5.56 Å². The van der Waals surface area contributed by atoms with Crippen LogP contribution < -0.4 is 11.4 Å². The minimum Gasteiger partial charge on any atom is -0.394 e. The maximum atomic E-state index is 11.8. The number of nitrogens with zero attached hydrogens (tertiary/aromatic N) is 4. The Balaban J connectivity index is 1.56. The van der Waals surface area contributed by atoms with Gasteiger partial charge in [-0.25, -0.2) is 14.6 Å². The van der Waals surface area contributed by atoms with E-state index in [9.17, 15) is 9.90 Å². The number of nitrogens with two attached hydrogens (primary N) is 1. The Morgan fingerprint density at radius 1 is 1.20 bits per heavy atom. The zero-order valence-corrected chi connectivity index (χ0v) is 13.5. The van der Waals surface area contributed by atoms with E-state index in [0.717, 1.165) is 10.2 Å². The van der Waals surface area contributed by atoms with Gasteiger partial charge >= 0.3 is 0 Å². The van der Waals surface area contributed by atoms with Crippen LogP contribution in [-0.4, -0.2) is 43.6 Å². The highest BCUT2D eigenvalue weighted by Gasteiger charge is 2.12. The Hall–Kier alpha value is -2.75. The Morgan fingerprint density at radius 3 is 2.76 bits per heavy atom. The molecule has 2 aromatic heterocycles. The van der Waals surface area contributed by atoms with Gasteiger partial charge in [-0.2, -0.15) is 0 Å². The summed E-state index contributed by atoms with van der Waals surface area (Å²) in [6, 6.07) is 9.73. The topological polar surface area (TPSA) is 117 Å². The molecular formula is C16H19N5O4. The summed E-state index contributed by atoms with van der Waals surface area (Å²) in [4.78, 5) is 19.9. The number of imidazole rings is 1. The molecule has 0 aliphatic heterocycles. The largest absolute Gasteiger partial charge is 0.394 e. The van der Waals surface area contributed by atoms with Crippen molar-refractivity contribution in [1.29, 1.82) is 0 Å². The molecule has 9 nitrogen and oxygen atoms in total. The predicted molar refractivity (Wildman–Crippen MR) is 90.0 cm³/mol. The van der Waals surface area contributed by atoms with Crippen molar-refractivity contribution in [1.82, 2.24) is 19.2 Å². The van der Waals surface area contributed by atoms with Gasteiger partial charge in [0.1, 0.15) is 19.2 Å². The normalized spacial score (nSPS) is 12.5. The van der Waals surface area contributed by atoms with Crippen LogP contribution in [0.5, 0.6) is 0 Å². The number of hydrogen-bond acceptors (Lipinski definition) is 7. The van der Waals surface area contributed by atoms with E-state index in [0.29, 0.717) is 12.3 Å². The Kier molecular flexibility index (Phi) is 5.39. The highest BCUT2D eigenvalue weighted by molar-refractivity contribution is 5.68. The highest BCUT2D eigenvalue weighted by Crippen LogP contribution is 2.07. The number of ether oxygens (including phenoxy) is 2. The number of aliphatic hydroxyl groups excluding tert-OH is 1. The smallest absolute Gasteiger partial charge is 0.299 e. The van der Waals surface area contributed by atoms with Crippen LogP contribution in [0.1, 0.15) is 5.56 Å². The number of hydrogen-bond donors (Lipinski definition) is 2. The number of rotatable bonds is 8. The van der Waals surface area contributed by atoms with Gasteiger partial charge in [-0.15, -0.1) is 0 Å². The summed E-state index contributed by atoms with van der Waals surface area (Å²) in [6.07, 6.45) is 2.16. The molecule has 2 heterocycles. The fourth-order valence-corrected chi connectivity index (χ4v) is 2.27. The van der Waals surface area contributed by atoms with Crippen LogP contribution >= 0.6 is 0 Å². The first-order chi connectivity index (χ1) is 12.2. The number of fused-ring (bicyclic) bond motifs is 1. The molecular weight excluding hydrogens is 326 g/mol. The van der Waals surface area contributed by atoms with Crippen molar-refractivity contribution in [2.75, 3.05) is 19.1 Å². The third kappa shape index (κ3) is 4.02. The lowest BCUT2D eigenvalue weighted by atomic mass is 10.2. The van der Waals surface area contributed by atoms with Gasteiger partial charge in [-0.1, -0.05) is 30.3 Å². The summed E-state index contributed by atoms with van der Waals surface area (Å²) in [6.45, 7) is 0.565. The molecule has 0 spiro atoms. The van der Waals surface area contributed by atoms with E-state index < -0.39 is 11.7 Å². The minimum absolute atomic E-state index is 0.0808. The molecule has 0 saturated heterocycles. The molecule has 0 fully saturated rings. The molecule has 1 aromatic carbocycles. The van der Waals surface area contributed by atoms with Crippen molar-refractivity contribution in [2.24, 2.45) is 0 Å². The van der Waals surface area contributed by atoms with Crippen LogP contribution in [0.4, 0.5) is 0 Å². The standard InChI is InChI=1S/C16H19N5O4/c17-21-10-19-15-14(16(21)23)18-9-20(15)11-25-13(6-22)8-24-7-12-4-2-1-3-5-12/h1-5,9-10,13,22H,6-8,11,17H2. The van der Waals surface area contributed by atoms with Crippen LogP contribution in [-0.2, 0) is 22.8 Å². The molecule has 1 unspecified atom stereocenters. The van der Waals surface area contributed by atoms with Crippen molar-refractivity contribution in [3.63, 3.8) is 0 Å². The van der Waals surface area contributed by atoms with E-state index in [1.807, 2.05) is 30.3 Å². The van der Waals surface area contributed by atoms with Crippen LogP contribution in [0.2, 0.25) is 0 Å². The highest BCUT2D eigenvalue weighted by atomic mass is 16.5. The maximum Gasteiger partial charge on any atom is 0.299 e. The molecule has 0 bridgehead atoms. The number of nitrogen functional groups attached to an aromatic ring is 1. The molecule has 0 amide bonds. The number of aliphatic hydroxyl groups is 1. The number of aromatic nitrogens is 4. The molecule has 0 saturated carbocycles. The van der Waals surface area contributed by atoms with Gasteiger partial charge in [-0.3, -0.25) is 9.36 Å². The zero-order valence-electron chi connectivity index (χ0n) is 13.5. The minimum atomic E-state index is -0.504. The second kappa shape index (κ2) is 7.88. The lowest BCUT2D eigenvalue weighted by Gasteiger charge is -2.16. The van der Waals surface area contributed by atoms with E-state index in [1.54, 1.807) is 4.57 Å². The predicted octanol–water partition coefficient (Wildman–Crippen LogP) is -0.141. The first-order valence-electron chi connectivity index (χ1n) is 7.70. The molecule has 3 rings (SSSR count). The summed E-state index contributed by atoms with van der Waals surface area (Å²) in [7, 11) is 0.